The van der Waals surface area contributed by atoms with Crippen molar-refractivity contribution < 1.29 is 0 Å². The van der Waals surface area contributed by atoms with Gasteiger partial charge in [0.1, 0.15) is 0 Å². The maximum Gasteiger partial charge on any atom is 0.0921 e. The lowest BCUT2D eigenvalue weighted by Crippen LogP contribution is -2.35. The first kappa shape index (κ1) is 15.9. The van der Waals surface area contributed by atoms with Gasteiger partial charge in [0, 0.05) is 10.8 Å². The molecule has 0 radical (unpaired) electrons. The molecule has 4 rings (SSSR count). The fourth-order valence-corrected chi connectivity index (χ4v) is 8.02. The second-order valence-electron chi connectivity index (χ2n) is 6.31. The van der Waals surface area contributed by atoms with E-state index >= 15 is 0 Å². The van der Waals surface area contributed by atoms with Crippen LogP contribution in [0.15, 0.2) is 60.7 Å². The number of alkyl halides is 4. The van der Waals surface area contributed by atoms with Crippen LogP contribution in [0.3, 0.4) is 0 Å². The van der Waals surface area contributed by atoms with Gasteiger partial charge < -0.3 is 0 Å². The molecule has 22 heavy (non-hydrogen) atoms. The molecule has 2 aromatic carbocycles. The molecule has 0 bridgehead atoms. The molecule has 2 aliphatic rings. The van der Waals surface area contributed by atoms with E-state index in [4.69, 9.17) is 0 Å². The molecule has 0 N–H and O–H groups in total. The van der Waals surface area contributed by atoms with E-state index in [2.05, 4.69) is 124 Å². The lowest BCUT2D eigenvalue weighted by Gasteiger charge is -2.32. The monoisotopic (exact) mass is 546 g/mol. The maximum atomic E-state index is 3.95. The Kier molecular flexibility index (Phi) is 3.56. The lowest BCUT2D eigenvalue weighted by molar-refractivity contribution is 0.506. The van der Waals surface area contributed by atoms with Crippen LogP contribution >= 0.6 is 63.7 Å². The molecule has 0 aromatic heterocycles. The summed E-state index contributed by atoms with van der Waals surface area (Å²) < 4.78 is -0.124. The Balaban J connectivity index is 1.94. The predicted molar refractivity (Wildman–Crippen MR) is 107 cm³/mol. The van der Waals surface area contributed by atoms with Gasteiger partial charge in [-0.25, -0.2) is 0 Å². The van der Waals surface area contributed by atoms with E-state index in [9.17, 15) is 0 Å². The predicted octanol–water partition coefficient (Wildman–Crippen LogP) is 6.64. The van der Waals surface area contributed by atoms with Crippen molar-refractivity contribution in [1.29, 1.82) is 0 Å². The van der Waals surface area contributed by atoms with Crippen molar-refractivity contribution >= 4 is 63.7 Å². The summed E-state index contributed by atoms with van der Waals surface area (Å²) in [6, 6.07) is 21.7. The topological polar surface area (TPSA) is 0 Å². The van der Waals surface area contributed by atoms with Crippen LogP contribution in [0.1, 0.15) is 24.0 Å². The van der Waals surface area contributed by atoms with Gasteiger partial charge >= 0.3 is 0 Å². The maximum absolute atomic E-state index is 3.95. The number of hydrogen-bond donors (Lipinski definition) is 0. The van der Waals surface area contributed by atoms with Crippen LogP contribution in [0.2, 0.25) is 0 Å². The zero-order valence-corrected chi connectivity index (χ0v) is 18.0. The van der Waals surface area contributed by atoms with Gasteiger partial charge in [-0.15, -0.1) is 0 Å². The van der Waals surface area contributed by atoms with Gasteiger partial charge in [0.2, 0.25) is 0 Å². The van der Waals surface area contributed by atoms with E-state index in [-0.39, 0.29) is 17.3 Å². The summed E-state index contributed by atoms with van der Waals surface area (Å²) in [7, 11) is 0. The molecule has 2 fully saturated rings. The number of halogens is 4. The van der Waals surface area contributed by atoms with Crippen LogP contribution in [0.5, 0.6) is 0 Å². The van der Waals surface area contributed by atoms with Gasteiger partial charge in [-0.3, -0.25) is 0 Å². The van der Waals surface area contributed by atoms with Crippen LogP contribution in [0.25, 0.3) is 0 Å². The fraction of sp³-hybridized carbons (Fsp3) is 0.333. The molecule has 114 valence electrons. The summed E-state index contributed by atoms with van der Waals surface area (Å²) in [5, 5.41) is 0. The Morgan fingerprint density at radius 2 is 0.818 bits per heavy atom. The molecule has 2 aliphatic carbocycles. The molecule has 0 spiro atoms. The third kappa shape index (κ3) is 1.90. The average molecular weight is 550 g/mol. The van der Waals surface area contributed by atoms with E-state index < -0.39 is 0 Å². The first-order valence-corrected chi connectivity index (χ1v) is 10.4. The summed E-state index contributed by atoms with van der Waals surface area (Å²) in [5.74, 6) is 0. The summed E-state index contributed by atoms with van der Waals surface area (Å²) in [6.45, 7) is 0. The zero-order valence-electron chi connectivity index (χ0n) is 11.7. The van der Waals surface area contributed by atoms with E-state index in [1.807, 2.05) is 0 Å². The highest BCUT2D eigenvalue weighted by molar-refractivity contribution is 9.26. The number of rotatable bonds is 3. The minimum atomic E-state index is -0.0620. The number of hydrogen-bond acceptors (Lipinski definition) is 0. The fourth-order valence-electron chi connectivity index (χ4n) is 4.07. The van der Waals surface area contributed by atoms with Crippen molar-refractivity contribution in [2.75, 3.05) is 0 Å². The summed E-state index contributed by atoms with van der Waals surface area (Å²) in [5.41, 5.74) is 2.81. The van der Waals surface area contributed by atoms with E-state index in [1.165, 1.54) is 11.1 Å². The molecular formula is C18H14Br4. The SMILES string of the molecule is BrC1(Br)C[C@]1(c1ccccc1)[C@@]1(c2ccccc2)CC1(Br)Br. The molecule has 0 heterocycles. The Bertz CT molecular complexity index is 647. The molecule has 0 nitrogen and oxygen atoms in total. The van der Waals surface area contributed by atoms with Gasteiger partial charge in [-0.05, 0) is 24.0 Å². The highest BCUT2D eigenvalue weighted by atomic mass is 79.9. The van der Waals surface area contributed by atoms with Crippen LogP contribution in [-0.2, 0) is 10.8 Å². The van der Waals surface area contributed by atoms with Gasteiger partial charge in [0.05, 0.1) is 6.47 Å². The molecule has 0 saturated heterocycles. The van der Waals surface area contributed by atoms with Crippen LogP contribution in [0, 0.1) is 0 Å². The van der Waals surface area contributed by atoms with Crippen molar-refractivity contribution in [3.63, 3.8) is 0 Å². The molecule has 2 saturated carbocycles. The first-order chi connectivity index (χ1) is 10.4. The molecule has 0 aliphatic heterocycles. The highest BCUT2D eigenvalue weighted by Gasteiger charge is 2.86. The largest absolute Gasteiger partial charge is 0.0921 e. The van der Waals surface area contributed by atoms with Crippen molar-refractivity contribution in [2.45, 2.75) is 30.1 Å². The zero-order chi connectivity index (χ0) is 15.6. The lowest BCUT2D eigenvalue weighted by atomic mass is 9.75. The molecule has 2 aromatic rings. The average Bonchev–Trinajstić information content (AvgIpc) is 3.31. The molecule has 4 heteroatoms. The Morgan fingerprint density at radius 1 is 0.545 bits per heavy atom. The Hall–Kier alpha value is 0.360. The first-order valence-electron chi connectivity index (χ1n) is 7.24. The highest BCUT2D eigenvalue weighted by Crippen LogP contribution is 2.86. The van der Waals surface area contributed by atoms with Crippen LogP contribution in [-0.4, -0.2) is 6.47 Å². The van der Waals surface area contributed by atoms with Gasteiger partial charge in [0.25, 0.3) is 0 Å². The molecule has 0 amide bonds. The molecule has 0 unspecified atom stereocenters. The normalized spacial score (nSPS) is 34.2. The summed E-state index contributed by atoms with van der Waals surface area (Å²) in [4.78, 5) is 0. The Morgan fingerprint density at radius 3 is 1.05 bits per heavy atom. The van der Waals surface area contributed by atoms with Crippen LogP contribution in [0.4, 0.5) is 0 Å². The Labute approximate surface area is 164 Å². The van der Waals surface area contributed by atoms with E-state index in [0.717, 1.165) is 12.8 Å². The molecule has 2 atom stereocenters. The molecular weight excluding hydrogens is 536 g/mol. The van der Waals surface area contributed by atoms with Crippen LogP contribution < -0.4 is 0 Å². The van der Waals surface area contributed by atoms with Crippen molar-refractivity contribution in [3.8, 4) is 0 Å². The third-order valence-corrected chi connectivity index (χ3v) is 9.06. The van der Waals surface area contributed by atoms with Gasteiger partial charge in [-0.2, -0.15) is 0 Å². The quantitative estimate of drug-likeness (QED) is 0.377. The van der Waals surface area contributed by atoms with Crippen molar-refractivity contribution in [1.82, 2.24) is 0 Å². The third-order valence-electron chi connectivity index (χ3n) is 5.23. The summed E-state index contributed by atoms with van der Waals surface area (Å²) >= 11 is 15.8. The minimum absolute atomic E-state index is 0.0234. The van der Waals surface area contributed by atoms with E-state index in [0.29, 0.717) is 0 Å². The van der Waals surface area contributed by atoms with Gasteiger partial charge in [-0.1, -0.05) is 124 Å². The van der Waals surface area contributed by atoms with Gasteiger partial charge in [0.15, 0.2) is 0 Å². The number of benzene rings is 2. The van der Waals surface area contributed by atoms with Crippen molar-refractivity contribution in [2.24, 2.45) is 0 Å². The standard InChI is InChI=1S/C18H14Br4/c19-17(20)11-15(17,13-7-3-1-4-8-13)16(12-18(16,21)22)14-9-5-2-6-10-14/h1-10H,11-12H2/t15-,16-/m0/s1. The second kappa shape index (κ2) is 4.93. The van der Waals surface area contributed by atoms with E-state index in [1.54, 1.807) is 0 Å². The minimum Gasteiger partial charge on any atom is -0.0717 e. The van der Waals surface area contributed by atoms with Crippen molar-refractivity contribution in [3.05, 3.63) is 71.8 Å². The summed E-state index contributed by atoms with van der Waals surface area (Å²) in [6.07, 6.45) is 2.13. The smallest absolute Gasteiger partial charge is 0.0717 e. The second-order valence-corrected chi connectivity index (χ2v) is 13.8.